The maximum atomic E-state index is 11.9. The summed E-state index contributed by atoms with van der Waals surface area (Å²) in [5, 5.41) is 18.7. The summed E-state index contributed by atoms with van der Waals surface area (Å²) in [5.41, 5.74) is 0.860. The van der Waals surface area contributed by atoms with Crippen LogP contribution in [0.4, 0.5) is 5.69 Å². The molecule has 0 atom stereocenters. The lowest BCUT2D eigenvalue weighted by Crippen LogP contribution is -2.18. The first-order valence-electron chi connectivity index (χ1n) is 6.31. The Balaban J connectivity index is 2.26. The second kappa shape index (κ2) is 5.70. The van der Waals surface area contributed by atoms with Crippen LogP contribution >= 0.6 is 0 Å². The molecule has 0 aliphatic heterocycles. The topological polar surface area (TPSA) is 97.2 Å². The van der Waals surface area contributed by atoms with E-state index in [0.29, 0.717) is 11.5 Å². The monoisotopic (exact) mass is 286 g/mol. The molecule has 0 radical (unpaired) electrons. The SMILES string of the molecule is Cc1cc(=O)c(C(=N)Cc2ccc([N+](=O)[O-])cc2)c(C)o1. The standard InChI is InChI=1S/C15H14N2O4/c1-9-7-14(18)15(10(2)21-9)13(16)8-11-3-5-12(6-4-11)17(19)20/h3-7,16H,8H2,1-2H3. The van der Waals surface area contributed by atoms with Crippen LogP contribution in [-0.4, -0.2) is 10.6 Å². The maximum absolute atomic E-state index is 11.9. The lowest BCUT2D eigenvalue weighted by molar-refractivity contribution is -0.384. The average molecular weight is 286 g/mol. The first kappa shape index (κ1) is 14.6. The van der Waals surface area contributed by atoms with Crippen LogP contribution in [0.1, 0.15) is 22.6 Å². The van der Waals surface area contributed by atoms with Gasteiger partial charge in [-0.05, 0) is 19.4 Å². The molecule has 21 heavy (non-hydrogen) atoms. The molecule has 6 nitrogen and oxygen atoms in total. The van der Waals surface area contributed by atoms with Crippen molar-refractivity contribution in [3.05, 3.63) is 73.3 Å². The number of hydrogen-bond donors (Lipinski definition) is 1. The number of nitro groups is 1. The number of nitrogens with one attached hydrogen (secondary N) is 1. The molecular formula is C15H14N2O4. The van der Waals surface area contributed by atoms with Crippen molar-refractivity contribution in [2.75, 3.05) is 0 Å². The molecule has 1 heterocycles. The fourth-order valence-corrected chi connectivity index (χ4v) is 2.14. The van der Waals surface area contributed by atoms with Crippen LogP contribution in [0.15, 0.2) is 39.5 Å². The number of benzene rings is 1. The van der Waals surface area contributed by atoms with Gasteiger partial charge in [-0.25, -0.2) is 0 Å². The van der Waals surface area contributed by atoms with Gasteiger partial charge in [-0.15, -0.1) is 0 Å². The average Bonchev–Trinajstić information content (AvgIpc) is 2.37. The van der Waals surface area contributed by atoms with Crippen LogP contribution in [0.2, 0.25) is 0 Å². The van der Waals surface area contributed by atoms with Crippen molar-refractivity contribution in [1.29, 1.82) is 5.41 Å². The smallest absolute Gasteiger partial charge is 0.269 e. The minimum atomic E-state index is -0.478. The highest BCUT2D eigenvalue weighted by atomic mass is 16.6. The van der Waals surface area contributed by atoms with Crippen molar-refractivity contribution in [1.82, 2.24) is 0 Å². The van der Waals surface area contributed by atoms with Crippen molar-refractivity contribution in [2.45, 2.75) is 20.3 Å². The van der Waals surface area contributed by atoms with E-state index >= 15 is 0 Å². The number of aryl methyl sites for hydroxylation is 2. The quantitative estimate of drug-likeness (QED) is 0.531. The second-order valence-corrected chi connectivity index (χ2v) is 4.73. The Bertz CT molecular complexity index is 760. The van der Waals surface area contributed by atoms with E-state index in [1.165, 1.54) is 18.2 Å². The van der Waals surface area contributed by atoms with E-state index < -0.39 is 4.92 Å². The predicted molar refractivity (Wildman–Crippen MR) is 78.1 cm³/mol. The summed E-state index contributed by atoms with van der Waals surface area (Å²) in [6.07, 6.45) is 0.215. The van der Waals surface area contributed by atoms with E-state index in [2.05, 4.69) is 0 Å². The molecule has 1 aromatic carbocycles. The van der Waals surface area contributed by atoms with E-state index in [-0.39, 0.29) is 28.8 Å². The molecule has 2 rings (SSSR count). The van der Waals surface area contributed by atoms with Crippen LogP contribution in [0, 0.1) is 29.4 Å². The van der Waals surface area contributed by atoms with E-state index in [4.69, 9.17) is 9.83 Å². The lowest BCUT2D eigenvalue weighted by atomic mass is 10.0. The maximum Gasteiger partial charge on any atom is 0.269 e. The van der Waals surface area contributed by atoms with Gasteiger partial charge in [0.1, 0.15) is 11.5 Å². The molecule has 108 valence electrons. The molecule has 0 fully saturated rings. The number of nitro benzene ring substituents is 1. The molecule has 6 heteroatoms. The summed E-state index contributed by atoms with van der Waals surface area (Å²) >= 11 is 0. The van der Waals surface area contributed by atoms with Gasteiger partial charge in [0.2, 0.25) is 0 Å². The molecule has 1 N–H and O–H groups in total. The molecule has 0 aliphatic rings. The van der Waals surface area contributed by atoms with Gasteiger partial charge < -0.3 is 9.83 Å². The second-order valence-electron chi connectivity index (χ2n) is 4.73. The van der Waals surface area contributed by atoms with Gasteiger partial charge in [-0.1, -0.05) is 12.1 Å². The summed E-state index contributed by atoms with van der Waals surface area (Å²) in [6.45, 7) is 3.33. The van der Waals surface area contributed by atoms with E-state index in [0.717, 1.165) is 5.56 Å². The molecule has 0 bridgehead atoms. The predicted octanol–water partition coefficient (Wildman–Crippen LogP) is 2.78. The minimum Gasteiger partial charge on any atom is -0.466 e. The van der Waals surface area contributed by atoms with Crippen LogP contribution < -0.4 is 5.43 Å². The van der Waals surface area contributed by atoms with Gasteiger partial charge in [0.15, 0.2) is 5.43 Å². The molecular weight excluding hydrogens is 272 g/mol. The largest absolute Gasteiger partial charge is 0.466 e. The highest BCUT2D eigenvalue weighted by molar-refractivity contribution is 6.00. The molecule has 1 aromatic heterocycles. The van der Waals surface area contributed by atoms with E-state index in [9.17, 15) is 14.9 Å². The van der Waals surface area contributed by atoms with E-state index in [1.54, 1.807) is 26.0 Å². The van der Waals surface area contributed by atoms with Gasteiger partial charge in [0.05, 0.1) is 16.2 Å². The Morgan fingerprint density at radius 2 is 1.90 bits per heavy atom. The third-order valence-electron chi connectivity index (χ3n) is 3.08. The zero-order valence-electron chi connectivity index (χ0n) is 11.7. The van der Waals surface area contributed by atoms with Crippen LogP contribution in [0.25, 0.3) is 0 Å². The molecule has 0 saturated heterocycles. The van der Waals surface area contributed by atoms with Gasteiger partial charge in [0, 0.05) is 24.6 Å². The van der Waals surface area contributed by atoms with Crippen molar-refractivity contribution >= 4 is 11.4 Å². The number of nitrogens with zero attached hydrogens (tertiary/aromatic N) is 1. The Labute approximate surface area is 120 Å². The molecule has 0 unspecified atom stereocenters. The first-order chi connectivity index (χ1) is 9.88. The van der Waals surface area contributed by atoms with Crippen LogP contribution in [-0.2, 0) is 6.42 Å². The third-order valence-corrected chi connectivity index (χ3v) is 3.08. The van der Waals surface area contributed by atoms with Crippen LogP contribution in [0.3, 0.4) is 0 Å². The van der Waals surface area contributed by atoms with Crippen molar-refractivity contribution < 1.29 is 9.34 Å². The fourth-order valence-electron chi connectivity index (χ4n) is 2.14. The Morgan fingerprint density at radius 1 is 1.29 bits per heavy atom. The number of non-ortho nitro benzene ring substituents is 1. The lowest BCUT2D eigenvalue weighted by Gasteiger charge is -2.07. The zero-order chi connectivity index (χ0) is 15.6. The Morgan fingerprint density at radius 3 is 2.43 bits per heavy atom. The zero-order valence-corrected chi connectivity index (χ0v) is 11.7. The summed E-state index contributed by atoms with van der Waals surface area (Å²) < 4.78 is 5.37. The first-order valence-corrected chi connectivity index (χ1v) is 6.31. The molecule has 0 amide bonds. The van der Waals surface area contributed by atoms with E-state index in [1.807, 2.05) is 0 Å². The molecule has 2 aromatic rings. The number of rotatable bonds is 4. The third kappa shape index (κ3) is 3.22. The van der Waals surface area contributed by atoms with Crippen molar-refractivity contribution in [3.63, 3.8) is 0 Å². The summed E-state index contributed by atoms with van der Waals surface area (Å²) in [7, 11) is 0. The van der Waals surface area contributed by atoms with Crippen LogP contribution in [0.5, 0.6) is 0 Å². The Hall–Kier alpha value is -2.76. The van der Waals surface area contributed by atoms with Crippen molar-refractivity contribution in [2.24, 2.45) is 0 Å². The highest BCUT2D eigenvalue weighted by Gasteiger charge is 2.14. The van der Waals surface area contributed by atoms with Gasteiger partial charge in [-0.2, -0.15) is 0 Å². The van der Waals surface area contributed by atoms with Crippen molar-refractivity contribution in [3.8, 4) is 0 Å². The summed E-state index contributed by atoms with van der Waals surface area (Å²) in [5.74, 6) is 0.913. The highest BCUT2D eigenvalue weighted by Crippen LogP contribution is 2.14. The van der Waals surface area contributed by atoms with Gasteiger partial charge in [0.25, 0.3) is 5.69 Å². The Kier molecular flexibility index (Phi) is 3.98. The minimum absolute atomic E-state index is 0.00342. The van der Waals surface area contributed by atoms with Gasteiger partial charge in [-0.3, -0.25) is 14.9 Å². The molecule has 0 saturated carbocycles. The van der Waals surface area contributed by atoms with Gasteiger partial charge >= 0.3 is 0 Å². The fraction of sp³-hybridized carbons (Fsp3) is 0.200. The summed E-state index contributed by atoms with van der Waals surface area (Å²) in [6, 6.07) is 7.28. The summed E-state index contributed by atoms with van der Waals surface area (Å²) in [4.78, 5) is 22.1. The molecule has 0 aliphatic carbocycles. The normalized spacial score (nSPS) is 10.4. The molecule has 0 spiro atoms. The number of hydrogen-bond acceptors (Lipinski definition) is 5.